The van der Waals surface area contributed by atoms with Gasteiger partial charge in [0.05, 0.1) is 5.25 Å². The van der Waals surface area contributed by atoms with E-state index in [0.717, 1.165) is 4.90 Å². The Balaban J connectivity index is 1.74. The number of amides is 1. The van der Waals surface area contributed by atoms with Crippen LogP contribution in [0.15, 0.2) is 35.2 Å². The molecule has 1 aromatic rings. The maximum absolute atomic E-state index is 11.9. The average molecular weight is 264 g/mol. The van der Waals surface area contributed by atoms with Gasteiger partial charge in [0.1, 0.15) is 0 Å². The third kappa shape index (κ3) is 4.03. The van der Waals surface area contributed by atoms with Crippen molar-refractivity contribution in [2.24, 2.45) is 11.7 Å². The minimum Gasteiger partial charge on any atom is -0.354 e. The Morgan fingerprint density at radius 2 is 2.11 bits per heavy atom. The first-order valence-electron chi connectivity index (χ1n) is 6.42. The Labute approximate surface area is 113 Å². The van der Waals surface area contributed by atoms with Crippen molar-refractivity contribution in [3.63, 3.8) is 0 Å². The molecule has 3 N–H and O–H groups in total. The van der Waals surface area contributed by atoms with Crippen molar-refractivity contribution in [1.82, 2.24) is 5.32 Å². The summed E-state index contributed by atoms with van der Waals surface area (Å²) in [6, 6.07) is 10.1. The van der Waals surface area contributed by atoms with Gasteiger partial charge in [-0.2, -0.15) is 0 Å². The van der Waals surface area contributed by atoms with Crippen molar-refractivity contribution < 1.29 is 4.79 Å². The predicted molar refractivity (Wildman–Crippen MR) is 75.5 cm³/mol. The molecule has 1 saturated carbocycles. The topological polar surface area (TPSA) is 55.1 Å². The first kappa shape index (κ1) is 13.4. The summed E-state index contributed by atoms with van der Waals surface area (Å²) < 4.78 is 0. The van der Waals surface area contributed by atoms with E-state index in [2.05, 4.69) is 5.32 Å². The van der Waals surface area contributed by atoms with Crippen molar-refractivity contribution >= 4 is 17.7 Å². The second kappa shape index (κ2) is 6.25. The second-order valence-corrected chi connectivity index (χ2v) is 6.23. The predicted octanol–water partition coefficient (Wildman–Crippen LogP) is 2.02. The lowest BCUT2D eigenvalue weighted by atomic mass is 10.2. The Morgan fingerprint density at radius 1 is 1.44 bits per heavy atom. The molecule has 3 nitrogen and oxygen atoms in total. The number of nitrogens with two attached hydrogens (primary N) is 1. The van der Waals surface area contributed by atoms with Gasteiger partial charge in [0.2, 0.25) is 5.91 Å². The van der Waals surface area contributed by atoms with Crippen molar-refractivity contribution in [1.29, 1.82) is 0 Å². The minimum atomic E-state index is -0.0844. The molecule has 0 spiro atoms. The standard InChI is InChI=1S/C14H20N2OS/c1-10(18-12-5-3-2-4-6-12)14(17)16-9-13(15)11-7-8-11/h2-6,10-11,13H,7-9,15H2,1H3,(H,16,17). The zero-order valence-corrected chi connectivity index (χ0v) is 11.5. The molecular weight excluding hydrogens is 244 g/mol. The van der Waals surface area contributed by atoms with Crippen LogP contribution < -0.4 is 11.1 Å². The first-order chi connectivity index (χ1) is 8.66. The number of thioether (sulfide) groups is 1. The summed E-state index contributed by atoms with van der Waals surface area (Å²) >= 11 is 1.57. The van der Waals surface area contributed by atoms with Crippen LogP contribution >= 0.6 is 11.8 Å². The van der Waals surface area contributed by atoms with Gasteiger partial charge in [-0.3, -0.25) is 4.79 Å². The molecular formula is C14H20N2OS. The molecule has 1 aliphatic rings. The number of nitrogens with one attached hydrogen (secondary N) is 1. The van der Waals surface area contributed by atoms with Crippen molar-refractivity contribution in [3.05, 3.63) is 30.3 Å². The highest BCUT2D eigenvalue weighted by Gasteiger charge is 2.28. The van der Waals surface area contributed by atoms with E-state index >= 15 is 0 Å². The Hall–Kier alpha value is -1.00. The number of hydrogen-bond acceptors (Lipinski definition) is 3. The number of carbonyl (C=O) groups excluding carboxylic acids is 1. The van der Waals surface area contributed by atoms with Gasteiger partial charge in [-0.25, -0.2) is 0 Å². The Kier molecular flexibility index (Phi) is 4.66. The van der Waals surface area contributed by atoms with Gasteiger partial charge in [-0.15, -0.1) is 11.8 Å². The molecule has 0 heterocycles. The molecule has 98 valence electrons. The Morgan fingerprint density at radius 3 is 2.72 bits per heavy atom. The van der Waals surface area contributed by atoms with E-state index in [1.807, 2.05) is 37.3 Å². The lowest BCUT2D eigenvalue weighted by molar-refractivity contribution is -0.120. The van der Waals surface area contributed by atoms with E-state index in [1.165, 1.54) is 12.8 Å². The second-order valence-electron chi connectivity index (χ2n) is 4.82. The molecule has 2 unspecified atom stereocenters. The lowest BCUT2D eigenvalue weighted by Gasteiger charge is -2.15. The molecule has 18 heavy (non-hydrogen) atoms. The zero-order chi connectivity index (χ0) is 13.0. The average Bonchev–Trinajstić information content (AvgIpc) is 3.21. The maximum atomic E-state index is 11.9. The summed E-state index contributed by atoms with van der Waals surface area (Å²) in [7, 11) is 0. The molecule has 1 amide bonds. The van der Waals surface area contributed by atoms with E-state index in [9.17, 15) is 4.79 Å². The number of hydrogen-bond donors (Lipinski definition) is 2. The van der Waals surface area contributed by atoms with Crippen LogP contribution in [0.3, 0.4) is 0 Å². The monoisotopic (exact) mass is 264 g/mol. The van der Waals surface area contributed by atoms with Gasteiger partial charge in [0.15, 0.2) is 0 Å². The SMILES string of the molecule is CC(Sc1ccccc1)C(=O)NCC(N)C1CC1. The normalized spacial score (nSPS) is 18.1. The molecule has 0 aromatic heterocycles. The van der Waals surface area contributed by atoms with Crippen LogP contribution in [-0.4, -0.2) is 23.7 Å². The fourth-order valence-electron chi connectivity index (χ4n) is 1.81. The van der Waals surface area contributed by atoms with Crippen LogP contribution in [0, 0.1) is 5.92 Å². The van der Waals surface area contributed by atoms with Crippen LogP contribution in [0.5, 0.6) is 0 Å². The van der Waals surface area contributed by atoms with Gasteiger partial charge in [0.25, 0.3) is 0 Å². The molecule has 1 aromatic carbocycles. The van der Waals surface area contributed by atoms with Crippen molar-refractivity contribution in [2.45, 2.75) is 36.0 Å². The lowest BCUT2D eigenvalue weighted by Crippen LogP contribution is -2.41. The van der Waals surface area contributed by atoms with Crippen LogP contribution in [0.4, 0.5) is 0 Å². The Bertz CT molecular complexity index is 392. The number of benzene rings is 1. The van der Waals surface area contributed by atoms with Gasteiger partial charge >= 0.3 is 0 Å². The molecule has 1 aliphatic carbocycles. The number of rotatable bonds is 6. The van der Waals surface area contributed by atoms with E-state index in [4.69, 9.17) is 5.73 Å². The molecule has 0 saturated heterocycles. The maximum Gasteiger partial charge on any atom is 0.233 e. The largest absolute Gasteiger partial charge is 0.354 e. The highest BCUT2D eigenvalue weighted by Crippen LogP contribution is 2.31. The first-order valence-corrected chi connectivity index (χ1v) is 7.30. The molecule has 4 heteroatoms. The van der Waals surface area contributed by atoms with E-state index in [1.54, 1.807) is 11.8 Å². The smallest absolute Gasteiger partial charge is 0.233 e. The fourth-order valence-corrected chi connectivity index (χ4v) is 2.72. The summed E-state index contributed by atoms with van der Waals surface area (Å²) in [6.07, 6.45) is 2.43. The summed E-state index contributed by atoms with van der Waals surface area (Å²) in [5.41, 5.74) is 5.96. The van der Waals surface area contributed by atoms with Gasteiger partial charge in [0, 0.05) is 17.5 Å². The van der Waals surface area contributed by atoms with Crippen LogP contribution in [0.1, 0.15) is 19.8 Å². The zero-order valence-electron chi connectivity index (χ0n) is 10.6. The van der Waals surface area contributed by atoms with Crippen LogP contribution in [0.25, 0.3) is 0 Å². The molecule has 0 bridgehead atoms. The van der Waals surface area contributed by atoms with Gasteiger partial charge < -0.3 is 11.1 Å². The highest BCUT2D eigenvalue weighted by atomic mass is 32.2. The summed E-state index contributed by atoms with van der Waals surface area (Å²) in [5, 5.41) is 2.85. The van der Waals surface area contributed by atoms with Crippen molar-refractivity contribution in [2.75, 3.05) is 6.54 Å². The summed E-state index contributed by atoms with van der Waals surface area (Å²) in [5.74, 6) is 0.697. The molecule has 0 aliphatic heterocycles. The third-order valence-electron chi connectivity index (χ3n) is 3.16. The fraction of sp³-hybridized carbons (Fsp3) is 0.500. The quantitative estimate of drug-likeness (QED) is 0.773. The molecule has 2 rings (SSSR count). The third-order valence-corrected chi connectivity index (χ3v) is 4.28. The van der Waals surface area contributed by atoms with Crippen molar-refractivity contribution in [3.8, 4) is 0 Å². The molecule has 0 radical (unpaired) electrons. The molecule has 1 fully saturated rings. The van der Waals surface area contributed by atoms with E-state index in [-0.39, 0.29) is 17.2 Å². The van der Waals surface area contributed by atoms with Gasteiger partial charge in [-0.1, -0.05) is 18.2 Å². The molecule has 2 atom stereocenters. The van der Waals surface area contributed by atoms with E-state index in [0.29, 0.717) is 12.5 Å². The minimum absolute atomic E-state index is 0.0694. The van der Waals surface area contributed by atoms with E-state index < -0.39 is 0 Å². The summed E-state index contributed by atoms with van der Waals surface area (Å²) in [6.45, 7) is 2.53. The number of carbonyl (C=O) groups is 1. The van der Waals surface area contributed by atoms with Gasteiger partial charge in [-0.05, 0) is 37.8 Å². The van der Waals surface area contributed by atoms with Crippen LogP contribution in [0.2, 0.25) is 0 Å². The van der Waals surface area contributed by atoms with Crippen LogP contribution in [-0.2, 0) is 4.79 Å². The highest BCUT2D eigenvalue weighted by molar-refractivity contribution is 8.00. The summed E-state index contributed by atoms with van der Waals surface area (Å²) in [4.78, 5) is 13.0.